The van der Waals surface area contributed by atoms with Crippen molar-refractivity contribution in [2.75, 3.05) is 0 Å². The van der Waals surface area contributed by atoms with E-state index in [1.807, 2.05) is 18.4 Å². The van der Waals surface area contributed by atoms with Crippen LogP contribution in [0.25, 0.3) is 11.1 Å². The highest BCUT2D eigenvalue weighted by Crippen LogP contribution is 2.31. The first kappa shape index (κ1) is 9.74. The molecular formula is C10H7N3OS. The Morgan fingerprint density at radius 3 is 2.93 bits per heavy atom. The maximum atomic E-state index is 8.66. The molecule has 0 unspecified atom stereocenters. The minimum atomic E-state index is 0.737. The molecular weight excluding hydrogens is 210 g/mol. The van der Waals surface area contributed by atoms with Gasteiger partial charge in [0.05, 0.1) is 6.20 Å². The molecule has 0 aliphatic rings. The highest BCUT2D eigenvalue weighted by molar-refractivity contribution is 8.03. The molecule has 0 aliphatic heterocycles. The van der Waals surface area contributed by atoms with E-state index in [1.54, 1.807) is 18.6 Å². The summed E-state index contributed by atoms with van der Waals surface area (Å²) in [6, 6.07) is 1.85. The lowest BCUT2D eigenvalue weighted by atomic mass is 10.1. The van der Waals surface area contributed by atoms with Crippen LogP contribution in [-0.4, -0.2) is 10.1 Å². The smallest absolute Gasteiger partial charge is 0.141 e. The topological polar surface area (TPSA) is 62.7 Å². The zero-order chi connectivity index (χ0) is 10.7. The molecule has 2 aromatic heterocycles. The van der Waals surface area contributed by atoms with Gasteiger partial charge in [-0.25, -0.2) is 0 Å². The van der Waals surface area contributed by atoms with E-state index in [9.17, 15) is 0 Å². The second-order valence-electron chi connectivity index (χ2n) is 2.86. The number of aryl methyl sites for hydroxylation is 1. The van der Waals surface area contributed by atoms with Crippen molar-refractivity contribution in [2.45, 2.75) is 11.8 Å². The highest BCUT2D eigenvalue weighted by Gasteiger charge is 2.10. The molecule has 0 amide bonds. The van der Waals surface area contributed by atoms with Crippen molar-refractivity contribution in [3.05, 3.63) is 30.4 Å². The number of nitrogens with zero attached hydrogens (tertiary/aromatic N) is 3. The Kier molecular flexibility index (Phi) is 2.70. The molecule has 0 N–H and O–H groups in total. The third kappa shape index (κ3) is 1.85. The van der Waals surface area contributed by atoms with Gasteiger partial charge < -0.3 is 4.52 Å². The van der Waals surface area contributed by atoms with Crippen LogP contribution in [0.15, 0.2) is 34.1 Å². The van der Waals surface area contributed by atoms with Crippen molar-refractivity contribution in [1.82, 2.24) is 10.1 Å². The summed E-state index contributed by atoms with van der Waals surface area (Å²) in [5, 5.41) is 14.4. The number of thioether (sulfide) groups is 1. The molecule has 0 aliphatic carbocycles. The van der Waals surface area contributed by atoms with Gasteiger partial charge in [0.25, 0.3) is 0 Å². The molecule has 0 bridgehead atoms. The van der Waals surface area contributed by atoms with Crippen molar-refractivity contribution in [3.63, 3.8) is 0 Å². The lowest BCUT2D eigenvalue weighted by molar-refractivity contribution is 0.398. The molecule has 0 radical (unpaired) electrons. The van der Waals surface area contributed by atoms with Crippen molar-refractivity contribution in [2.24, 2.45) is 0 Å². The molecule has 15 heavy (non-hydrogen) atoms. The summed E-state index contributed by atoms with van der Waals surface area (Å²) in [6.07, 6.45) is 4.99. The Bertz CT molecular complexity index is 515. The van der Waals surface area contributed by atoms with E-state index >= 15 is 0 Å². The van der Waals surface area contributed by atoms with Crippen LogP contribution in [0.3, 0.4) is 0 Å². The lowest BCUT2D eigenvalue weighted by Crippen LogP contribution is -1.83. The number of nitriles is 1. The Labute approximate surface area is 90.9 Å². The number of thiocyanates is 1. The molecule has 5 heteroatoms. The standard InChI is InChI=1S/C10H7N3OS/c1-7-9(4-13-14-7)8-2-3-12-5-10(8)15-6-11/h2-5H,1H3. The number of aromatic nitrogens is 2. The molecule has 0 spiro atoms. The average molecular weight is 217 g/mol. The second kappa shape index (κ2) is 4.15. The molecule has 2 aromatic rings. The van der Waals surface area contributed by atoms with Gasteiger partial charge in [0, 0.05) is 28.4 Å². The van der Waals surface area contributed by atoms with Gasteiger partial charge in [-0.1, -0.05) is 5.16 Å². The van der Waals surface area contributed by atoms with Gasteiger partial charge in [-0.15, -0.1) is 0 Å². The summed E-state index contributed by atoms with van der Waals surface area (Å²) in [7, 11) is 0. The van der Waals surface area contributed by atoms with Gasteiger partial charge >= 0.3 is 0 Å². The van der Waals surface area contributed by atoms with Gasteiger partial charge in [0.2, 0.25) is 0 Å². The first-order valence-electron chi connectivity index (χ1n) is 4.24. The molecule has 0 aromatic carbocycles. The first-order valence-corrected chi connectivity index (χ1v) is 5.06. The summed E-state index contributed by atoms with van der Waals surface area (Å²) in [6.45, 7) is 1.84. The minimum absolute atomic E-state index is 0.737. The van der Waals surface area contributed by atoms with Crippen molar-refractivity contribution < 1.29 is 4.52 Å². The second-order valence-corrected chi connectivity index (χ2v) is 3.69. The van der Waals surface area contributed by atoms with Crippen LogP contribution in [-0.2, 0) is 0 Å². The number of pyridine rings is 1. The van der Waals surface area contributed by atoms with E-state index in [1.165, 1.54) is 0 Å². The Hall–Kier alpha value is -1.80. The number of hydrogen-bond acceptors (Lipinski definition) is 5. The van der Waals surface area contributed by atoms with E-state index in [-0.39, 0.29) is 0 Å². The quantitative estimate of drug-likeness (QED) is 0.571. The molecule has 0 atom stereocenters. The zero-order valence-electron chi connectivity index (χ0n) is 7.97. The van der Waals surface area contributed by atoms with Crippen molar-refractivity contribution in [3.8, 4) is 16.5 Å². The van der Waals surface area contributed by atoms with E-state index in [0.29, 0.717) is 0 Å². The lowest BCUT2D eigenvalue weighted by Gasteiger charge is -2.02. The fourth-order valence-electron chi connectivity index (χ4n) is 1.29. The van der Waals surface area contributed by atoms with Gasteiger partial charge in [0.1, 0.15) is 11.2 Å². The van der Waals surface area contributed by atoms with E-state index < -0.39 is 0 Å². The SMILES string of the molecule is Cc1oncc1-c1ccncc1SC#N. The molecule has 4 nitrogen and oxygen atoms in total. The summed E-state index contributed by atoms with van der Waals surface area (Å²) in [4.78, 5) is 4.79. The maximum Gasteiger partial charge on any atom is 0.141 e. The molecule has 0 saturated heterocycles. The summed E-state index contributed by atoms with van der Waals surface area (Å²) in [5.41, 5.74) is 1.82. The van der Waals surface area contributed by atoms with Gasteiger partial charge in [0.15, 0.2) is 0 Å². The fraction of sp³-hybridized carbons (Fsp3) is 0.100. The molecule has 2 heterocycles. The van der Waals surface area contributed by atoms with E-state index in [2.05, 4.69) is 10.1 Å². The predicted octanol–water partition coefficient (Wildman–Crippen LogP) is 2.62. The van der Waals surface area contributed by atoms with Crippen molar-refractivity contribution in [1.29, 1.82) is 5.26 Å². The largest absolute Gasteiger partial charge is 0.361 e. The van der Waals surface area contributed by atoms with Crippen molar-refractivity contribution >= 4 is 11.8 Å². The highest BCUT2D eigenvalue weighted by atomic mass is 32.2. The zero-order valence-corrected chi connectivity index (χ0v) is 8.78. The maximum absolute atomic E-state index is 8.66. The van der Waals surface area contributed by atoms with Crippen LogP contribution in [0.4, 0.5) is 0 Å². The normalized spacial score (nSPS) is 9.87. The fourth-order valence-corrected chi connectivity index (χ4v) is 1.79. The van der Waals surface area contributed by atoms with Crippen LogP contribution in [0.5, 0.6) is 0 Å². The molecule has 2 rings (SSSR count). The molecule has 0 saturated carbocycles. The number of hydrogen-bond donors (Lipinski definition) is 0. The van der Waals surface area contributed by atoms with Gasteiger partial charge in [-0.3, -0.25) is 4.98 Å². The van der Waals surface area contributed by atoms with Gasteiger partial charge in [-0.2, -0.15) is 5.26 Å². The predicted molar refractivity (Wildman–Crippen MR) is 55.9 cm³/mol. The summed E-state index contributed by atoms with van der Waals surface area (Å²) < 4.78 is 4.99. The van der Waals surface area contributed by atoms with Crippen LogP contribution < -0.4 is 0 Å². The molecule has 74 valence electrons. The average Bonchev–Trinajstić information content (AvgIpc) is 2.66. The van der Waals surface area contributed by atoms with Crippen LogP contribution in [0, 0.1) is 17.6 Å². The Balaban J connectivity index is 2.53. The van der Waals surface area contributed by atoms with E-state index in [0.717, 1.165) is 33.5 Å². The Morgan fingerprint density at radius 2 is 2.27 bits per heavy atom. The van der Waals surface area contributed by atoms with Gasteiger partial charge in [-0.05, 0) is 24.8 Å². The third-order valence-electron chi connectivity index (χ3n) is 1.98. The van der Waals surface area contributed by atoms with Crippen LogP contribution in [0.2, 0.25) is 0 Å². The summed E-state index contributed by atoms with van der Waals surface area (Å²) >= 11 is 1.08. The van der Waals surface area contributed by atoms with Crippen LogP contribution >= 0.6 is 11.8 Å². The van der Waals surface area contributed by atoms with E-state index in [4.69, 9.17) is 9.78 Å². The summed E-state index contributed by atoms with van der Waals surface area (Å²) in [5.74, 6) is 0.737. The monoisotopic (exact) mass is 217 g/mol. The molecule has 0 fully saturated rings. The first-order chi connectivity index (χ1) is 7.33. The Morgan fingerprint density at radius 1 is 1.40 bits per heavy atom. The number of rotatable bonds is 2. The van der Waals surface area contributed by atoms with Crippen LogP contribution in [0.1, 0.15) is 5.76 Å². The third-order valence-corrected chi connectivity index (χ3v) is 2.62. The minimum Gasteiger partial charge on any atom is -0.361 e.